The molecule has 0 radical (unpaired) electrons. The van der Waals surface area contributed by atoms with E-state index in [1.54, 1.807) is 24.3 Å². The lowest BCUT2D eigenvalue weighted by Gasteiger charge is -2.28. The van der Waals surface area contributed by atoms with E-state index in [0.29, 0.717) is 30.6 Å². The minimum absolute atomic E-state index is 0.0820. The molecule has 0 bridgehead atoms. The summed E-state index contributed by atoms with van der Waals surface area (Å²) in [6.07, 6.45) is 1.37. The minimum atomic E-state index is -0.552. The maximum atomic E-state index is 12.5. The van der Waals surface area contributed by atoms with Crippen LogP contribution in [0.3, 0.4) is 0 Å². The fourth-order valence-corrected chi connectivity index (χ4v) is 2.65. The van der Waals surface area contributed by atoms with Crippen LogP contribution in [0.25, 0.3) is 0 Å². The Morgan fingerprint density at radius 1 is 0.880 bits per heavy atom. The third-order valence-electron chi connectivity index (χ3n) is 4.66. The number of hydrogen-bond acceptors (Lipinski definition) is 3. The summed E-state index contributed by atoms with van der Waals surface area (Å²) < 4.78 is 0. The predicted octanol–water partition coefficient (Wildman–Crippen LogP) is 3.64. The normalized spacial score (nSPS) is 11.0. The van der Waals surface area contributed by atoms with Gasteiger partial charge in [-0.1, -0.05) is 32.0 Å². The van der Waals surface area contributed by atoms with Crippen LogP contribution >= 0.6 is 0 Å². The Kier molecular flexibility index (Phi) is 6.31. The van der Waals surface area contributed by atoms with Crippen LogP contribution in [0.5, 0.6) is 0 Å². The molecule has 2 aromatic carbocycles. The number of rotatable bonds is 7. The molecule has 0 aliphatic rings. The molecule has 0 unspecified atom stereocenters. The molecule has 5 heteroatoms. The highest BCUT2D eigenvalue weighted by atomic mass is 16.2. The third kappa shape index (κ3) is 4.45. The number of carbonyl (C=O) groups is 2. The molecule has 2 aromatic rings. The number of benzene rings is 2. The quantitative estimate of drug-likeness (QED) is 0.720. The van der Waals surface area contributed by atoms with Gasteiger partial charge in [-0.05, 0) is 49.2 Å². The van der Waals surface area contributed by atoms with E-state index in [1.807, 2.05) is 44.2 Å². The fraction of sp³-hybridized carbons (Fsp3) is 0.300. The lowest BCUT2D eigenvalue weighted by atomic mass is 9.81. The third-order valence-corrected chi connectivity index (χ3v) is 4.66. The Morgan fingerprint density at radius 3 is 1.96 bits per heavy atom. The maximum absolute atomic E-state index is 12.5. The second kappa shape index (κ2) is 8.44. The van der Waals surface area contributed by atoms with Gasteiger partial charge in [0.05, 0.1) is 5.41 Å². The van der Waals surface area contributed by atoms with Crippen molar-refractivity contribution in [2.75, 3.05) is 17.2 Å². The summed E-state index contributed by atoms with van der Waals surface area (Å²) in [6, 6.07) is 16.1. The Balaban J connectivity index is 2.04. The van der Waals surface area contributed by atoms with Crippen LogP contribution in [-0.4, -0.2) is 18.4 Å². The van der Waals surface area contributed by atoms with Gasteiger partial charge in [-0.25, -0.2) is 0 Å². The highest BCUT2D eigenvalue weighted by molar-refractivity contribution is 6.04. The largest absolute Gasteiger partial charge is 0.329 e. The van der Waals surface area contributed by atoms with Gasteiger partial charge in [0.25, 0.3) is 5.91 Å². The number of nitrogens with two attached hydrogens (primary N) is 1. The molecule has 25 heavy (non-hydrogen) atoms. The summed E-state index contributed by atoms with van der Waals surface area (Å²) in [7, 11) is 0. The summed E-state index contributed by atoms with van der Waals surface area (Å²) >= 11 is 0. The van der Waals surface area contributed by atoms with Gasteiger partial charge in [0.2, 0.25) is 5.91 Å². The molecule has 0 fully saturated rings. The fourth-order valence-electron chi connectivity index (χ4n) is 2.65. The van der Waals surface area contributed by atoms with E-state index in [1.165, 1.54) is 0 Å². The summed E-state index contributed by atoms with van der Waals surface area (Å²) in [5.41, 5.74) is 7.17. The van der Waals surface area contributed by atoms with Crippen molar-refractivity contribution in [1.82, 2.24) is 0 Å². The van der Waals surface area contributed by atoms with Gasteiger partial charge >= 0.3 is 0 Å². The summed E-state index contributed by atoms with van der Waals surface area (Å²) in [5.74, 6) is -0.274. The molecule has 0 aromatic heterocycles. The SMILES string of the molecule is CCC(CC)(CN)C(=O)Nc1ccc(C(=O)Nc2ccccc2)cc1. The number of carbonyl (C=O) groups excluding carboxylic acids is 2. The zero-order chi connectivity index (χ0) is 18.3. The van der Waals surface area contributed by atoms with Crippen LogP contribution in [0.4, 0.5) is 11.4 Å². The van der Waals surface area contributed by atoms with E-state index in [4.69, 9.17) is 5.73 Å². The van der Waals surface area contributed by atoms with Crippen LogP contribution in [0.1, 0.15) is 37.0 Å². The second-order valence-electron chi connectivity index (χ2n) is 6.04. The van der Waals surface area contributed by atoms with Crippen LogP contribution < -0.4 is 16.4 Å². The lowest BCUT2D eigenvalue weighted by Crippen LogP contribution is -2.41. The molecule has 0 spiro atoms. The van der Waals surface area contributed by atoms with Gasteiger partial charge in [0.15, 0.2) is 0 Å². The Labute approximate surface area is 148 Å². The molecule has 0 atom stereocenters. The van der Waals surface area contributed by atoms with Gasteiger partial charge in [0.1, 0.15) is 0 Å². The summed E-state index contributed by atoms with van der Waals surface area (Å²) in [5, 5.41) is 5.73. The van der Waals surface area contributed by atoms with Crippen molar-refractivity contribution in [2.45, 2.75) is 26.7 Å². The average molecular weight is 339 g/mol. The smallest absolute Gasteiger partial charge is 0.255 e. The van der Waals surface area contributed by atoms with Crippen molar-refractivity contribution in [1.29, 1.82) is 0 Å². The van der Waals surface area contributed by atoms with Gasteiger partial charge in [-0.2, -0.15) is 0 Å². The first-order valence-corrected chi connectivity index (χ1v) is 8.52. The van der Waals surface area contributed by atoms with Crippen LogP contribution in [0.15, 0.2) is 54.6 Å². The van der Waals surface area contributed by atoms with Crippen molar-refractivity contribution < 1.29 is 9.59 Å². The van der Waals surface area contributed by atoms with E-state index >= 15 is 0 Å². The first-order valence-electron chi connectivity index (χ1n) is 8.52. The Morgan fingerprint density at radius 2 is 1.44 bits per heavy atom. The van der Waals surface area contributed by atoms with E-state index in [-0.39, 0.29) is 11.8 Å². The van der Waals surface area contributed by atoms with E-state index in [0.717, 1.165) is 5.69 Å². The van der Waals surface area contributed by atoms with Gasteiger partial charge in [-0.3, -0.25) is 9.59 Å². The topological polar surface area (TPSA) is 84.2 Å². The van der Waals surface area contributed by atoms with Crippen molar-refractivity contribution >= 4 is 23.2 Å². The number of anilines is 2. The molecule has 4 N–H and O–H groups in total. The van der Waals surface area contributed by atoms with Crippen molar-refractivity contribution in [3.8, 4) is 0 Å². The van der Waals surface area contributed by atoms with Gasteiger partial charge < -0.3 is 16.4 Å². The highest BCUT2D eigenvalue weighted by Crippen LogP contribution is 2.27. The molecular weight excluding hydrogens is 314 g/mol. The number of nitrogens with one attached hydrogen (secondary N) is 2. The molecule has 2 amide bonds. The van der Waals surface area contributed by atoms with Crippen molar-refractivity contribution in [3.63, 3.8) is 0 Å². The van der Waals surface area contributed by atoms with E-state index in [9.17, 15) is 9.59 Å². The Bertz CT molecular complexity index is 699. The monoisotopic (exact) mass is 339 g/mol. The van der Waals surface area contributed by atoms with Crippen molar-refractivity contribution in [3.05, 3.63) is 60.2 Å². The van der Waals surface area contributed by atoms with Gasteiger partial charge in [0, 0.05) is 23.5 Å². The molecular formula is C20H25N3O2. The molecule has 0 aliphatic heterocycles. The number of amides is 2. The van der Waals surface area contributed by atoms with Crippen LogP contribution in [-0.2, 0) is 4.79 Å². The predicted molar refractivity (Wildman–Crippen MR) is 102 cm³/mol. The molecule has 0 saturated carbocycles. The zero-order valence-electron chi connectivity index (χ0n) is 14.7. The molecule has 0 saturated heterocycles. The van der Waals surface area contributed by atoms with Gasteiger partial charge in [-0.15, -0.1) is 0 Å². The van der Waals surface area contributed by atoms with Crippen LogP contribution in [0, 0.1) is 5.41 Å². The van der Waals surface area contributed by atoms with E-state index in [2.05, 4.69) is 10.6 Å². The zero-order valence-corrected chi connectivity index (χ0v) is 14.7. The standard InChI is InChI=1S/C20H25N3O2/c1-3-20(4-2,14-21)19(25)23-17-12-10-15(11-13-17)18(24)22-16-8-6-5-7-9-16/h5-13H,3-4,14,21H2,1-2H3,(H,22,24)(H,23,25). The number of hydrogen-bond donors (Lipinski definition) is 3. The second-order valence-corrected chi connectivity index (χ2v) is 6.04. The number of para-hydroxylation sites is 1. The first kappa shape index (κ1) is 18.7. The average Bonchev–Trinajstić information content (AvgIpc) is 2.65. The maximum Gasteiger partial charge on any atom is 0.255 e. The molecule has 132 valence electrons. The summed E-state index contributed by atoms with van der Waals surface area (Å²) in [6.45, 7) is 4.24. The lowest BCUT2D eigenvalue weighted by molar-refractivity contribution is -0.125. The summed E-state index contributed by atoms with van der Waals surface area (Å²) in [4.78, 5) is 24.7. The van der Waals surface area contributed by atoms with Crippen molar-refractivity contribution in [2.24, 2.45) is 11.1 Å². The van der Waals surface area contributed by atoms with E-state index < -0.39 is 5.41 Å². The molecule has 0 aliphatic carbocycles. The molecule has 5 nitrogen and oxygen atoms in total. The molecule has 0 heterocycles. The minimum Gasteiger partial charge on any atom is -0.329 e. The van der Waals surface area contributed by atoms with Crippen LogP contribution in [0.2, 0.25) is 0 Å². The molecule has 2 rings (SSSR count). The first-order chi connectivity index (χ1) is 12.0. The Hall–Kier alpha value is -2.66. The highest BCUT2D eigenvalue weighted by Gasteiger charge is 2.33.